The number of hydrogen-bond donors (Lipinski definition) is 1. The largest absolute Gasteiger partial charge is 0.493 e. The average Bonchev–Trinajstić information content (AvgIpc) is 2.95. The Hall–Kier alpha value is -2.16. The molecule has 0 atom stereocenters. The van der Waals surface area contributed by atoms with Gasteiger partial charge in [0.05, 0.1) is 6.61 Å². The predicted octanol–water partition coefficient (Wildman–Crippen LogP) is 3.34. The second kappa shape index (κ2) is 6.08. The van der Waals surface area contributed by atoms with Gasteiger partial charge in [-0.3, -0.25) is 0 Å². The van der Waals surface area contributed by atoms with Crippen LogP contribution >= 0.6 is 0 Å². The Morgan fingerprint density at radius 3 is 2.67 bits per heavy atom. The van der Waals surface area contributed by atoms with Crippen molar-refractivity contribution >= 4 is 11.4 Å². The molecule has 0 unspecified atom stereocenters. The number of nitrogens with one attached hydrogen (secondary N) is 1. The fourth-order valence-corrected chi connectivity index (χ4v) is 2.62. The van der Waals surface area contributed by atoms with Crippen LogP contribution in [0.2, 0.25) is 0 Å². The van der Waals surface area contributed by atoms with Crippen molar-refractivity contribution in [1.29, 1.82) is 0 Å². The van der Waals surface area contributed by atoms with E-state index in [0.29, 0.717) is 0 Å². The van der Waals surface area contributed by atoms with Crippen molar-refractivity contribution in [2.75, 3.05) is 37.5 Å². The van der Waals surface area contributed by atoms with E-state index in [1.165, 1.54) is 22.5 Å². The van der Waals surface area contributed by atoms with Crippen LogP contribution in [0.15, 0.2) is 42.5 Å². The molecule has 0 saturated carbocycles. The zero-order valence-corrected chi connectivity index (χ0v) is 12.7. The summed E-state index contributed by atoms with van der Waals surface area (Å²) in [5.74, 6) is 1.06. The van der Waals surface area contributed by atoms with E-state index in [4.69, 9.17) is 4.74 Å². The van der Waals surface area contributed by atoms with Crippen molar-refractivity contribution in [3.63, 3.8) is 0 Å². The maximum atomic E-state index is 5.54. The first-order valence-corrected chi connectivity index (χ1v) is 7.48. The first kappa shape index (κ1) is 13.8. The quantitative estimate of drug-likeness (QED) is 0.910. The lowest BCUT2D eigenvalue weighted by Crippen LogP contribution is -2.09. The van der Waals surface area contributed by atoms with Gasteiger partial charge in [0.1, 0.15) is 5.75 Å². The van der Waals surface area contributed by atoms with Gasteiger partial charge in [-0.05, 0) is 47.9 Å². The van der Waals surface area contributed by atoms with Crippen molar-refractivity contribution in [2.24, 2.45) is 0 Å². The van der Waals surface area contributed by atoms with Crippen LogP contribution in [0, 0.1) is 0 Å². The molecule has 1 heterocycles. The maximum Gasteiger partial charge on any atom is 0.122 e. The summed E-state index contributed by atoms with van der Waals surface area (Å²) in [6.07, 6.45) is 2.07. The van der Waals surface area contributed by atoms with Crippen molar-refractivity contribution in [1.82, 2.24) is 0 Å². The van der Waals surface area contributed by atoms with Crippen LogP contribution in [-0.4, -0.2) is 27.2 Å². The lowest BCUT2D eigenvalue weighted by molar-refractivity contribution is 0.357. The molecule has 3 nitrogen and oxygen atoms in total. The van der Waals surface area contributed by atoms with Crippen LogP contribution in [0.25, 0.3) is 0 Å². The van der Waals surface area contributed by atoms with Gasteiger partial charge in [0.2, 0.25) is 0 Å². The highest BCUT2D eigenvalue weighted by molar-refractivity contribution is 5.54. The Balaban J connectivity index is 1.54. The number of benzene rings is 2. The molecule has 0 aliphatic carbocycles. The molecule has 0 amide bonds. The Kier molecular flexibility index (Phi) is 4.00. The summed E-state index contributed by atoms with van der Waals surface area (Å²) in [4.78, 5) is 2.11. The Bertz CT molecular complexity index is 605. The van der Waals surface area contributed by atoms with Crippen molar-refractivity contribution in [3.8, 4) is 5.75 Å². The number of anilines is 2. The van der Waals surface area contributed by atoms with Crippen LogP contribution in [0.3, 0.4) is 0 Å². The van der Waals surface area contributed by atoms with Gasteiger partial charge in [0.25, 0.3) is 0 Å². The first-order valence-electron chi connectivity index (χ1n) is 7.48. The van der Waals surface area contributed by atoms with Crippen LogP contribution in [-0.2, 0) is 12.8 Å². The standard InChI is InChI=1S/C18H22N2O/c1-20(2)17-6-4-16(5-7-17)19-11-9-14-3-8-18-15(13-14)10-12-21-18/h3-8,13,19H,9-12H2,1-2H3. The number of rotatable bonds is 5. The van der Waals surface area contributed by atoms with Crippen molar-refractivity contribution in [3.05, 3.63) is 53.6 Å². The van der Waals surface area contributed by atoms with E-state index in [1.54, 1.807) is 0 Å². The summed E-state index contributed by atoms with van der Waals surface area (Å²) in [6, 6.07) is 15.1. The van der Waals surface area contributed by atoms with E-state index in [1.807, 2.05) is 0 Å². The third-order valence-electron chi connectivity index (χ3n) is 3.88. The highest BCUT2D eigenvalue weighted by atomic mass is 16.5. The third kappa shape index (κ3) is 3.30. The van der Waals surface area contributed by atoms with Gasteiger partial charge in [0, 0.05) is 38.4 Å². The molecule has 110 valence electrons. The molecule has 0 fully saturated rings. The third-order valence-corrected chi connectivity index (χ3v) is 3.88. The lowest BCUT2D eigenvalue weighted by atomic mass is 10.1. The van der Waals surface area contributed by atoms with Crippen LogP contribution in [0.1, 0.15) is 11.1 Å². The van der Waals surface area contributed by atoms with Gasteiger partial charge in [-0.25, -0.2) is 0 Å². The van der Waals surface area contributed by atoms with Gasteiger partial charge in [-0.1, -0.05) is 12.1 Å². The van der Waals surface area contributed by atoms with E-state index in [-0.39, 0.29) is 0 Å². The molecule has 1 aliphatic rings. The van der Waals surface area contributed by atoms with E-state index >= 15 is 0 Å². The van der Waals surface area contributed by atoms with E-state index in [0.717, 1.165) is 31.7 Å². The Morgan fingerprint density at radius 1 is 1.10 bits per heavy atom. The minimum absolute atomic E-state index is 0.829. The number of ether oxygens (including phenoxy) is 1. The van der Waals surface area contributed by atoms with E-state index in [9.17, 15) is 0 Å². The molecule has 0 radical (unpaired) electrons. The first-order chi connectivity index (χ1) is 10.2. The zero-order chi connectivity index (χ0) is 14.7. The number of hydrogen-bond acceptors (Lipinski definition) is 3. The molecular weight excluding hydrogens is 260 g/mol. The van der Waals surface area contributed by atoms with Gasteiger partial charge in [0.15, 0.2) is 0 Å². The van der Waals surface area contributed by atoms with Crippen LogP contribution in [0.5, 0.6) is 5.75 Å². The fourth-order valence-electron chi connectivity index (χ4n) is 2.62. The summed E-state index contributed by atoms with van der Waals surface area (Å²) in [7, 11) is 4.11. The molecule has 1 N–H and O–H groups in total. The summed E-state index contributed by atoms with van der Waals surface area (Å²) in [6.45, 7) is 1.77. The minimum Gasteiger partial charge on any atom is -0.493 e. The van der Waals surface area contributed by atoms with Gasteiger partial charge >= 0.3 is 0 Å². The SMILES string of the molecule is CN(C)c1ccc(NCCc2ccc3c(c2)CCO3)cc1. The second-order valence-corrected chi connectivity index (χ2v) is 5.66. The summed E-state index contributed by atoms with van der Waals surface area (Å²) in [5, 5.41) is 3.48. The maximum absolute atomic E-state index is 5.54. The average molecular weight is 282 g/mol. The van der Waals surface area contributed by atoms with Crippen molar-refractivity contribution in [2.45, 2.75) is 12.8 Å². The minimum atomic E-state index is 0.829. The molecule has 3 heteroatoms. The second-order valence-electron chi connectivity index (χ2n) is 5.66. The predicted molar refractivity (Wildman–Crippen MR) is 88.6 cm³/mol. The Labute approximate surface area is 126 Å². The number of fused-ring (bicyclic) bond motifs is 1. The molecule has 21 heavy (non-hydrogen) atoms. The van der Waals surface area contributed by atoms with Crippen molar-refractivity contribution < 1.29 is 4.74 Å². The summed E-state index contributed by atoms with van der Waals surface area (Å²) >= 11 is 0. The van der Waals surface area contributed by atoms with Gasteiger partial charge < -0.3 is 15.0 Å². The number of nitrogens with zero attached hydrogens (tertiary/aromatic N) is 1. The van der Waals surface area contributed by atoms with Crippen LogP contribution in [0.4, 0.5) is 11.4 Å². The van der Waals surface area contributed by atoms with Gasteiger partial charge in [-0.15, -0.1) is 0 Å². The fraction of sp³-hybridized carbons (Fsp3) is 0.333. The topological polar surface area (TPSA) is 24.5 Å². The van der Waals surface area contributed by atoms with Gasteiger partial charge in [-0.2, -0.15) is 0 Å². The summed E-state index contributed by atoms with van der Waals surface area (Å²) < 4.78 is 5.54. The van der Waals surface area contributed by atoms with E-state index in [2.05, 4.69) is 66.8 Å². The normalized spacial score (nSPS) is 12.7. The molecule has 0 spiro atoms. The molecule has 2 aromatic rings. The lowest BCUT2D eigenvalue weighted by Gasteiger charge is -2.13. The highest BCUT2D eigenvalue weighted by Crippen LogP contribution is 2.26. The molecular formula is C18H22N2O. The van der Waals surface area contributed by atoms with Crippen LogP contribution < -0.4 is 15.0 Å². The van der Waals surface area contributed by atoms with E-state index < -0.39 is 0 Å². The molecule has 0 bridgehead atoms. The molecule has 2 aromatic carbocycles. The Morgan fingerprint density at radius 2 is 1.90 bits per heavy atom. The molecule has 0 saturated heterocycles. The highest BCUT2D eigenvalue weighted by Gasteiger charge is 2.11. The monoisotopic (exact) mass is 282 g/mol. The summed E-state index contributed by atoms with van der Waals surface area (Å²) in [5.41, 5.74) is 5.11. The molecule has 1 aliphatic heterocycles. The molecule has 3 rings (SSSR count). The molecule has 0 aromatic heterocycles. The smallest absolute Gasteiger partial charge is 0.122 e. The zero-order valence-electron chi connectivity index (χ0n) is 12.7.